The molecule has 1 aliphatic carbocycles. The van der Waals surface area contributed by atoms with Crippen LogP contribution in [0.1, 0.15) is 37.3 Å². The predicted octanol–water partition coefficient (Wildman–Crippen LogP) is 1.19. The van der Waals surface area contributed by atoms with Crippen molar-refractivity contribution in [2.75, 3.05) is 6.54 Å². The third-order valence-electron chi connectivity index (χ3n) is 4.30. The lowest BCUT2D eigenvalue weighted by Crippen LogP contribution is -2.31. The summed E-state index contributed by atoms with van der Waals surface area (Å²) < 4.78 is 1.91. The molecule has 4 heteroatoms. The summed E-state index contributed by atoms with van der Waals surface area (Å²) >= 11 is 0. The number of rotatable bonds is 1. The molecule has 2 heterocycles. The second-order valence-electron chi connectivity index (χ2n) is 5.01. The molecular weight excluding hydrogens is 202 g/mol. The SMILES string of the molecule is Cn1nccc1[C@H]1CNC(=O)C12CCCC2. The Morgan fingerprint density at radius 3 is 2.88 bits per heavy atom. The molecule has 0 unspecified atom stereocenters. The minimum absolute atomic E-state index is 0.131. The number of carbonyl (C=O) groups excluding carboxylic acids is 1. The Bertz CT molecular complexity index is 418. The smallest absolute Gasteiger partial charge is 0.226 e. The largest absolute Gasteiger partial charge is 0.355 e. The normalized spacial score (nSPS) is 27.6. The lowest BCUT2D eigenvalue weighted by Gasteiger charge is -2.27. The van der Waals surface area contributed by atoms with Crippen molar-refractivity contribution in [2.45, 2.75) is 31.6 Å². The number of amides is 1. The molecule has 1 saturated carbocycles. The number of nitrogens with one attached hydrogen (secondary N) is 1. The van der Waals surface area contributed by atoms with E-state index in [0.717, 1.165) is 19.4 Å². The Morgan fingerprint density at radius 1 is 1.50 bits per heavy atom. The summed E-state index contributed by atoms with van der Waals surface area (Å²) in [7, 11) is 1.96. The monoisotopic (exact) mass is 219 g/mol. The van der Waals surface area contributed by atoms with E-state index in [1.54, 1.807) is 0 Å². The zero-order chi connectivity index (χ0) is 11.2. The molecular formula is C12H17N3O. The fraction of sp³-hybridized carbons (Fsp3) is 0.667. The molecule has 1 aromatic heterocycles. The van der Waals surface area contributed by atoms with Crippen LogP contribution < -0.4 is 5.32 Å². The molecule has 1 spiro atoms. The molecule has 1 N–H and O–H groups in total. The van der Waals surface area contributed by atoms with E-state index in [2.05, 4.69) is 10.4 Å². The standard InChI is InChI=1S/C12H17N3O/c1-15-10(4-7-14-15)9-8-13-11(16)12(9)5-2-3-6-12/h4,7,9H,2-3,5-6,8H2,1H3,(H,13,16)/t9-/m1/s1. The molecule has 1 aliphatic heterocycles. The average Bonchev–Trinajstić information content (AvgIpc) is 2.94. The van der Waals surface area contributed by atoms with Gasteiger partial charge in [0.25, 0.3) is 0 Å². The highest BCUT2D eigenvalue weighted by Gasteiger charge is 2.52. The quantitative estimate of drug-likeness (QED) is 0.771. The number of carbonyl (C=O) groups is 1. The van der Waals surface area contributed by atoms with Crippen LogP contribution in [0.4, 0.5) is 0 Å². The highest BCUT2D eigenvalue weighted by atomic mass is 16.2. The Hall–Kier alpha value is -1.32. The average molecular weight is 219 g/mol. The second kappa shape index (κ2) is 3.34. The van der Waals surface area contributed by atoms with Gasteiger partial charge >= 0.3 is 0 Å². The molecule has 3 rings (SSSR count). The predicted molar refractivity (Wildman–Crippen MR) is 59.9 cm³/mol. The van der Waals surface area contributed by atoms with E-state index >= 15 is 0 Å². The van der Waals surface area contributed by atoms with Gasteiger partial charge in [-0.25, -0.2) is 0 Å². The first kappa shape index (κ1) is 9.87. The number of hydrogen-bond donors (Lipinski definition) is 1. The molecule has 2 fully saturated rings. The third-order valence-corrected chi connectivity index (χ3v) is 4.30. The van der Waals surface area contributed by atoms with Gasteiger partial charge in [0.05, 0.1) is 5.41 Å². The summed E-state index contributed by atoms with van der Waals surface area (Å²) in [5, 5.41) is 7.26. The maximum Gasteiger partial charge on any atom is 0.226 e. The summed E-state index contributed by atoms with van der Waals surface area (Å²) in [6.45, 7) is 0.776. The van der Waals surface area contributed by atoms with Crippen LogP contribution in [-0.2, 0) is 11.8 Å². The van der Waals surface area contributed by atoms with Gasteiger partial charge in [0, 0.05) is 31.4 Å². The first-order valence-electron chi connectivity index (χ1n) is 6.00. The molecule has 1 atom stereocenters. The van der Waals surface area contributed by atoms with Gasteiger partial charge in [0.1, 0.15) is 0 Å². The van der Waals surface area contributed by atoms with Crippen molar-refractivity contribution in [3.8, 4) is 0 Å². The number of nitrogens with zero attached hydrogens (tertiary/aromatic N) is 2. The molecule has 0 radical (unpaired) electrons. The first-order chi connectivity index (χ1) is 7.74. The Labute approximate surface area is 95.0 Å². The van der Waals surface area contributed by atoms with Gasteiger partial charge < -0.3 is 5.32 Å². The third kappa shape index (κ3) is 1.16. The van der Waals surface area contributed by atoms with Crippen molar-refractivity contribution in [2.24, 2.45) is 12.5 Å². The van der Waals surface area contributed by atoms with Gasteiger partial charge in [-0.2, -0.15) is 5.10 Å². The molecule has 4 nitrogen and oxygen atoms in total. The van der Waals surface area contributed by atoms with Crippen LogP contribution in [0, 0.1) is 5.41 Å². The van der Waals surface area contributed by atoms with Crippen molar-refractivity contribution in [1.82, 2.24) is 15.1 Å². The van der Waals surface area contributed by atoms with E-state index in [1.807, 2.05) is 24.0 Å². The van der Waals surface area contributed by atoms with Crippen LogP contribution in [0.2, 0.25) is 0 Å². The summed E-state index contributed by atoms with van der Waals surface area (Å²) in [6, 6.07) is 2.05. The van der Waals surface area contributed by atoms with Gasteiger partial charge in [-0.1, -0.05) is 12.8 Å². The molecule has 2 aliphatic rings. The van der Waals surface area contributed by atoms with Gasteiger partial charge in [0.15, 0.2) is 0 Å². The lowest BCUT2D eigenvalue weighted by molar-refractivity contribution is -0.127. The van der Waals surface area contributed by atoms with Crippen LogP contribution in [-0.4, -0.2) is 22.2 Å². The zero-order valence-corrected chi connectivity index (χ0v) is 9.57. The van der Waals surface area contributed by atoms with Crippen molar-refractivity contribution in [3.05, 3.63) is 18.0 Å². The summed E-state index contributed by atoms with van der Waals surface area (Å²) in [5.74, 6) is 0.575. The van der Waals surface area contributed by atoms with Gasteiger partial charge in [0.2, 0.25) is 5.91 Å². The molecule has 1 amide bonds. The van der Waals surface area contributed by atoms with Gasteiger partial charge in [-0.15, -0.1) is 0 Å². The summed E-state index contributed by atoms with van der Waals surface area (Å²) in [5.41, 5.74) is 1.06. The van der Waals surface area contributed by atoms with Crippen molar-refractivity contribution in [3.63, 3.8) is 0 Å². The van der Waals surface area contributed by atoms with Crippen molar-refractivity contribution < 1.29 is 4.79 Å². The lowest BCUT2D eigenvalue weighted by atomic mass is 9.74. The Morgan fingerprint density at radius 2 is 2.25 bits per heavy atom. The van der Waals surface area contributed by atoms with Gasteiger partial charge in [-0.3, -0.25) is 9.48 Å². The number of aryl methyl sites for hydroxylation is 1. The van der Waals surface area contributed by atoms with Crippen LogP contribution in [0.25, 0.3) is 0 Å². The highest BCUT2D eigenvalue weighted by molar-refractivity contribution is 5.86. The van der Waals surface area contributed by atoms with Crippen LogP contribution in [0.15, 0.2) is 12.3 Å². The molecule has 1 saturated heterocycles. The topological polar surface area (TPSA) is 46.9 Å². The van der Waals surface area contributed by atoms with Crippen LogP contribution >= 0.6 is 0 Å². The zero-order valence-electron chi connectivity index (χ0n) is 9.57. The first-order valence-corrected chi connectivity index (χ1v) is 6.00. The van der Waals surface area contributed by atoms with E-state index in [9.17, 15) is 4.79 Å². The second-order valence-corrected chi connectivity index (χ2v) is 5.01. The van der Waals surface area contributed by atoms with E-state index in [1.165, 1.54) is 18.5 Å². The van der Waals surface area contributed by atoms with Gasteiger partial charge in [-0.05, 0) is 18.9 Å². The number of hydrogen-bond acceptors (Lipinski definition) is 2. The highest BCUT2D eigenvalue weighted by Crippen LogP contribution is 2.51. The maximum atomic E-state index is 12.1. The fourth-order valence-electron chi connectivity index (χ4n) is 3.42. The Kier molecular flexibility index (Phi) is 2.06. The summed E-state index contributed by atoms with van der Waals surface area (Å²) in [6.07, 6.45) is 6.26. The van der Waals surface area contributed by atoms with Crippen LogP contribution in [0.5, 0.6) is 0 Å². The summed E-state index contributed by atoms with van der Waals surface area (Å²) in [4.78, 5) is 12.1. The van der Waals surface area contributed by atoms with E-state index in [0.29, 0.717) is 5.92 Å². The molecule has 0 aromatic carbocycles. The van der Waals surface area contributed by atoms with Crippen molar-refractivity contribution in [1.29, 1.82) is 0 Å². The van der Waals surface area contributed by atoms with Crippen LogP contribution in [0.3, 0.4) is 0 Å². The van der Waals surface area contributed by atoms with E-state index < -0.39 is 0 Å². The van der Waals surface area contributed by atoms with E-state index in [-0.39, 0.29) is 11.3 Å². The molecule has 16 heavy (non-hydrogen) atoms. The maximum absolute atomic E-state index is 12.1. The fourth-order valence-corrected chi connectivity index (χ4v) is 3.42. The van der Waals surface area contributed by atoms with Crippen molar-refractivity contribution >= 4 is 5.91 Å². The molecule has 86 valence electrons. The Balaban J connectivity index is 2.02. The molecule has 0 bridgehead atoms. The minimum atomic E-state index is -0.131. The van der Waals surface area contributed by atoms with E-state index in [4.69, 9.17) is 0 Å². The molecule has 1 aromatic rings. The number of aromatic nitrogens is 2. The minimum Gasteiger partial charge on any atom is -0.355 e.